The van der Waals surface area contributed by atoms with Crippen LogP contribution in [-0.4, -0.2) is 0 Å². The lowest BCUT2D eigenvalue weighted by Gasteiger charge is -2.12. The maximum Gasteiger partial charge on any atom is 0.173 e. The van der Waals surface area contributed by atoms with Gasteiger partial charge in [-0.2, -0.15) is 0 Å². The van der Waals surface area contributed by atoms with E-state index in [-0.39, 0.29) is 4.47 Å². The van der Waals surface area contributed by atoms with Crippen molar-refractivity contribution in [2.24, 2.45) is 5.84 Å². The first-order valence-electron chi connectivity index (χ1n) is 3.67. The maximum absolute atomic E-state index is 13.1. The molecule has 0 saturated carbocycles. The molecule has 5 heteroatoms. The van der Waals surface area contributed by atoms with E-state index in [2.05, 4.69) is 27.3 Å². The van der Waals surface area contributed by atoms with Gasteiger partial charge in [0.15, 0.2) is 11.6 Å². The lowest BCUT2D eigenvalue weighted by Crippen LogP contribution is -2.27. The zero-order chi connectivity index (χ0) is 10.7. The number of nitrogens with two attached hydrogens (primary N) is 1. The van der Waals surface area contributed by atoms with Crippen LogP contribution in [0.4, 0.5) is 8.78 Å². The molecule has 0 spiro atoms. The second kappa shape index (κ2) is 4.51. The second-order valence-electron chi connectivity index (χ2n) is 2.53. The second-order valence-corrected chi connectivity index (χ2v) is 3.32. The predicted molar refractivity (Wildman–Crippen MR) is 53.0 cm³/mol. The van der Waals surface area contributed by atoms with Crippen LogP contribution in [0.5, 0.6) is 0 Å². The fourth-order valence-corrected chi connectivity index (χ4v) is 1.54. The number of terminal acetylenes is 1. The summed E-state index contributed by atoms with van der Waals surface area (Å²) in [5, 5.41) is 0. The highest BCUT2D eigenvalue weighted by molar-refractivity contribution is 9.10. The molecule has 0 saturated heterocycles. The van der Waals surface area contributed by atoms with E-state index >= 15 is 0 Å². The van der Waals surface area contributed by atoms with Crippen LogP contribution in [0, 0.1) is 24.0 Å². The summed E-state index contributed by atoms with van der Waals surface area (Å²) < 4.78 is 25.8. The lowest BCUT2D eigenvalue weighted by atomic mass is 10.1. The van der Waals surface area contributed by atoms with Gasteiger partial charge in [0.2, 0.25) is 0 Å². The Kier molecular flexibility index (Phi) is 3.58. The standard InChI is InChI=1S/C9H7BrF2N2/c1-2-7(14-13)5-3-4-6(11)9(12)8(5)10/h1,3-4,7,14H,13H2. The Morgan fingerprint density at radius 1 is 1.50 bits per heavy atom. The molecule has 74 valence electrons. The first-order valence-corrected chi connectivity index (χ1v) is 4.46. The summed E-state index contributed by atoms with van der Waals surface area (Å²) in [6, 6.07) is 1.71. The Morgan fingerprint density at radius 3 is 2.64 bits per heavy atom. The molecule has 0 aromatic heterocycles. The molecular formula is C9H7BrF2N2. The SMILES string of the molecule is C#CC(NN)c1ccc(F)c(F)c1Br. The summed E-state index contributed by atoms with van der Waals surface area (Å²) in [6.07, 6.45) is 5.14. The van der Waals surface area contributed by atoms with Gasteiger partial charge >= 0.3 is 0 Å². The maximum atomic E-state index is 13.1. The van der Waals surface area contributed by atoms with Gasteiger partial charge in [-0.3, -0.25) is 5.84 Å². The topological polar surface area (TPSA) is 38.0 Å². The summed E-state index contributed by atoms with van der Waals surface area (Å²) in [5.74, 6) is 5.53. The molecule has 0 fully saturated rings. The van der Waals surface area contributed by atoms with Crippen molar-refractivity contribution in [3.63, 3.8) is 0 Å². The molecule has 3 N–H and O–H groups in total. The summed E-state index contributed by atoms with van der Waals surface area (Å²) in [7, 11) is 0. The quantitative estimate of drug-likeness (QED) is 0.369. The van der Waals surface area contributed by atoms with Gasteiger partial charge in [0.25, 0.3) is 0 Å². The summed E-state index contributed by atoms with van der Waals surface area (Å²) in [6.45, 7) is 0. The van der Waals surface area contributed by atoms with Crippen LogP contribution >= 0.6 is 15.9 Å². The number of halogens is 3. The summed E-state index contributed by atoms with van der Waals surface area (Å²) >= 11 is 2.91. The van der Waals surface area contributed by atoms with E-state index in [1.54, 1.807) is 0 Å². The highest BCUT2D eigenvalue weighted by Crippen LogP contribution is 2.27. The van der Waals surface area contributed by atoms with E-state index in [1.165, 1.54) is 6.07 Å². The Morgan fingerprint density at radius 2 is 2.14 bits per heavy atom. The minimum Gasteiger partial charge on any atom is -0.270 e. The molecule has 0 radical (unpaired) electrons. The normalized spacial score (nSPS) is 12.2. The van der Waals surface area contributed by atoms with Gasteiger partial charge in [0, 0.05) is 0 Å². The molecule has 0 aliphatic rings. The molecule has 1 aromatic carbocycles. The zero-order valence-electron chi connectivity index (χ0n) is 7.02. The van der Waals surface area contributed by atoms with Gasteiger partial charge in [-0.1, -0.05) is 12.0 Å². The highest BCUT2D eigenvalue weighted by atomic mass is 79.9. The molecule has 0 heterocycles. The van der Waals surface area contributed by atoms with Crippen LogP contribution in [0.2, 0.25) is 0 Å². The van der Waals surface area contributed by atoms with Crippen molar-refractivity contribution in [3.05, 3.63) is 33.8 Å². The third-order valence-corrected chi connectivity index (χ3v) is 2.52. The van der Waals surface area contributed by atoms with Crippen molar-refractivity contribution in [3.8, 4) is 12.3 Å². The Hall–Kier alpha value is -0.960. The number of rotatable bonds is 2. The van der Waals surface area contributed by atoms with E-state index in [1.807, 2.05) is 0 Å². The average Bonchev–Trinajstić information content (AvgIpc) is 2.19. The fraction of sp³-hybridized carbons (Fsp3) is 0.111. The van der Waals surface area contributed by atoms with Crippen LogP contribution < -0.4 is 11.3 Å². The number of hydrazine groups is 1. The molecule has 1 rings (SSSR count). The van der Waals surface area contributed by atoms with Crippen molar-refractivity contribution in [1.82, 2.24) is 5.43 Å². The van der Waals surface area contributed by atoms with E-state index < -0.39 is 17.7 Å². The van der Waals surface area contributed by atoms with E-state index in [0.717, 1.165) is 6.07 Å². The van der Waals surface area contributed by atoms with Crippen molar-refractivity contribution < 1.29 is 8.78 Å². The van der Waals surface area contributed by atoms with Gasteiger partial charge in [-0.05, 0) is 27.6 Å². The number of hydrogen-bond donors (Lipinski definition) is 2. The van der Waals surface area contributed by atoms with Gasteiger partial charge in [0.1, 0.15) is 6.04 Å². The van der Waals surface area contributed by atoms with Crippen molar-refractivity contribution in [2.45, 2.75) is 6.04 Å². The van der Waals surface area contributed by atoms with Crippen LogP contribution in [0.25, 0.3) is 0 Å². The van der Waals surface area contributed by atoms with Gasteiger partial charge in [-0.15, -0.1) is 6.42 Å². The molecule has 0 aliphatic heterocycles. The number of hydrogen-bond acceptors (Lipinski definition) is 2. The molecule has 0 amide bonds. The Labute approximate surface area is 88.6 Å². The molecule has 1 atom stereocenters. The van der Waals surface area contributed by atoms with Crippen molar-refractivity contribution >= 4 is 15.9 Å². The minimum absolute atomic E-state index is 0.0154. The average molecular weight is 261 g/mol. The lowest BCUT2D eigenvalue weighted by molar-refractivity contribution is 0.500. The van der Waals surface area contributed by atoms with Crippen molar-refractivity contribution in [2.75, 3.05) is 0 Å². The van der Waals surface area contributed by atoms with Crippen LogP contribution in [0.1, 0.15) is 11.6 Å². The zero-order valence-corrected chi connectivity index (χ0v) is 8.61. The first kappa shape index (κ1) is 11.1. The third kappa shape index (κ3) is 1.93. The van der Waals surface area contributed by atoms with Crippen LogP contribution in [0.3, 0.4) is 0 Å². The first-order chi connectivity index (χ1) is 6.61. The van der Waals surface area contributed by atoms with Crippen LogP contribution in [-0.2, 0) is 0 Å². The van der Waals surface area contributed by atoms with Crippen molar-refractivity contribution in [1.29, 1.82) is 0 Å². The monoisotopic (exact) mass is 260 g/mol. The Bertz CT molecular complexity index is 387. The highest BCUT2D eigenvalue weighted by Gasteiger charge is 2.16. The smallest absolute Gasteiger partial charge is 0.173 e. The van der Waals surface area contributed by atoms with Gasteiger partial charge < -0.3 is 0 Å². The van der Waals surface area contributed by atoms with E-state index in [4.69, 9.17) is 12.3 Å². The predicted octanol–water partition coefficient (Wildman–Crippen LogP) is 1.86. The summed E-state index contributed by atoms with van der Waals surface area (Å²) in [5.41, 5.74) is 2.68. The van der Waals surface area contributed by atoms with Gasteiger partial charge in [-0.25, -0.2) is 14.2 Å². The Balaban J connectivity index is 3.24. The van der Waals surface area contributed by atoms with E-state index in [9.17, 15) is 8.78 Å². The minimum atomic E-state index is -0.974. The fourth-order valence-electron chi connectivity index (χ4n) is 0.991. The molecule has 1 aromatic rings. The third-order valence-electron chi connectivity index (χ3n) is 1.71. The van der Waals surface area contributed by atoms with Gasteiger partial charge in [0.05, 0.1) is 4.47 Å². The largest absolute Gasteiger partial charge is 0.270 e. The number of nitrogens with one attached hydrogen (secondary N) is 1. The molecular weight excluding hydrogens is 254 g/mol. The number of benzene rings is 1. The molecule has 0 bridgehead atoms. The van der Waals surface area contributed by atoms with Crippen LogP contribution in [0.15, 0.2) is 16.6 Å². The molecule has 1 unspecified atom stereocenters. The molecule has 0 aliphatic carbocycles. The van der Waals surface area contributed by atoms with E-state index in [0.29, 0.717) is 5.56 Å². The summed E-state index contributed by atoms with van der Waals surface area (Å²) in [4.78, 5) is 0. The molecule has 14 heavy (non-hydrogen) atoms. The molecule has 2 nitrogen and oxygen atoms in total.